The highest BCUT2D eigenvalue weighted by molar-refractivity contribution is 6.09. The fourth-order valence-corrected chi connectivity index (χ4v) is 4.96. The molecular formula is C27H25N3O5. The Kier molecular flexibility index (Phi) is 5.24. The van der Waals surface area contributed by atoms with E-state index in [9.17, 15) is 19.5 Å². The summed E-state index contributed by atoms with van der Waals surface area (Å²) in [4.78, 5) is 42.9. The molecule has 2 aromatic heterocycles. The van der Waals surface area contributed by atoms with Crippen LogP contribution >= 0.6 is 0 Å². The first-order valence-corrected chi connectivity index (χ1v) is 11.3. The van der Waals surface area contributed by atoms with Crippen LogP contribution in [0.1, 0.15) is 36.3 Å². The van der Waals surface area contributed by atoms with Crippen LogP contribution in [0.3, 0.4) is 0 Å². The van der Waals surface area contributed by atoms with Gasteiger partial charge in [-0.2, -0.15) is 0 Å². The molecule has 2 aromatic carbocycles. The Morgan fingerprint density at radius 1 is 0.886 bits per heavy atom. The monoisotopic (exact) mass is 471 g/mol. The minimum atomic E-state index is -0.826. The molecule has 8 nitrogen and oxygen atoms in total. The minimum absolute atomic E-state index is 0.124. The summed E-state index contributed by atoms with van der Waals surface area (Å²) in [7, 11) is 1.59. The highest BCUT2D eigenvalue weighted by Gasteiger charge is 2.40. The molecule has 1 aliphatic carbocycles. The van der Waals surface area contributed by atoms with Crippen molar-refractivity contribution in [3.05, 3.63) is 86.7 Å². The van der Waals surface area contributed by atoms with Gasteiger partial charge in [0.25, 0.3) is 5.56 Å². The summed E-state index contributed by atoms with van der Waals surface area (Å²) in [5, 5.41) is 10.7. The number of carbonyl (C=O) groups excluding carboxylic acids is 1. The Morgan fingerprint density at radius 2 is 1.57 bits per heavy atom. The average molecular weight is 472 g/mol. The predicted molar refractivity (Wildman–Crippen MR) is 133 cm³/mol. The van der Waals surface area contributed by atoms with Crippen LogP contribution in [0.2, 0.25) is 0 Å². The van der Waals surface area contributed by atoms with E-state index >= 15 is 0 Å². The number of fused-ring (bicyclic) bond motifs is 1. The topological polar surface area (TPSA) is 117 Å². The molecule has 8 heteroatoms. The largest absolute Gasteiger partial charge is 0.497 e. The van der Waals surface area contributed by atoms with Crippen molar-refractivity contribution in [2.24, 2.45) is 5.41 Å². The van der Waals surface area contributed by atoms with Crippen molar-refractivity contribution in [1.82, 2.24) is 14.5 Å². The molecule has 0 saturated carbocycles. The molecule has 0 amide bonds. The third-order valence-electron chi connectivity index (χ3n) is 6.38. The lowest BCUT2D eigenvalue weighted by atomic mass is 9.75. The van der Waals surface area contributed by atoms with Gasteiger partial charge in [0.15, 0.2) is 5.78 Å². The first-order chi connectivity index (χ1) is 16.7. The SMILES string of the molecule is COc1ccc(-n2c3c(c(-c4c(O)[nH]c(=O)[nH]c4=O)c2-c2ccccc2)C(=O)CC(C)(C)C3)cc1. The number of H-pyrrole nitrogens is 2. The van der Waals surface area contributed by atoms with Crippen LogP contribution < -0.4 is 16.0 Å². The second-order valence-electron chi connectivity index (χ2n) is 9.52. The third kappa shape index (κ3) is 3.77. The van der Waals surface area contributed by atoms with Gasteiger partial charge in [0.1, 0.15) is 11.3 Å². The molecular weight excluding hydrogens is 446 g/mol. The lowest BCUT2D eigenvalue weighted by molar-refractivity contribution is 0.0911. The first-order valence-electron chi connectivity index (χ1n) is 11.3. The van der Waals surface area contributed by atoms with Crippen molar-refractivity contribution < 1.29 is 14.6 Å². The summed E-state index contributed by atoms with van der Waals surface area (Å²) in [5.74, 6) is -0.0219. The van der Waals surface area contributed by atoms with Crippen LogP contribution in [-0.4, -0.2) is 32.5 Å². The summed E-state index contributed by atoms with van der Waals surface area (Å²) in [6.07, 6.45) is 0.859. The fraction of sp³-hybridized carbons (Fsp3) is 0.222. The molecule has 3 N–H and O–H groups in total. The van der Waals surface area contributed by atoms with Gasteiger partial charge in [-0.1, -0.05) is 44.2 Å². The number of hydrogen-bond acceptors (Lipinski definition) is 5. The van der Waals surface area contributed by atoms with Crippen LogP contribution in [0, 0.1) is 5.41 Å². The molecule has 0 saturated heterocycles. The molecule has 0 atom stereocenters. The lowest BCUT2D eigenvalue weighted by Gasteiger charge is -2.30. The van der Waals surface area contributed by atoms with Crippen LogP contribution in [-0.2, 0) is 6.42 Å². The van der Waals surface area contributed by atoms with Crippen LogP contribution in [0.15, 0.2) is 64.2 Å². The van der Waals surface area contributed by atoms with Crippen molar-refractivity contribution in [2.45, 2.75) is 26.7 Å². The number of ketones is 1. The van der Waals surface area contributed by atoms with E-state index in [0.717, 1.165) is 16.9 Å². The van der Waals surface area contributed by atoms with Gasteiger partial charge in [-0.15, -0.1) is 0 Å². The summed E-state index contributed by atoms with van der Waals surface area (Å²) in [5.41, 5.74) is 1.50. The van der Waals surface area contributed by atoms with E-state index in [1.807, 2.05) is 73.0 Å². The zero-order chi connectivity index (χ0) is 24.9. The van der Waals surface area contributed by atoms with Gasteiger partial charge >= 0.3 is 5.69 Å². The highest BCUT2D eigenvalue weighted by Crippen LogP contribution is 2.47. The van der Waals surface area contributed by atoms with Gasteiger partial charge in [0.2, 0.25) is 5.88 Å². The molecule has 0 radical (unpaired) electrons. The standard InChI is InChI=1S/C27H25N3O5/c1-27(2)13-18-20(19(31)14-27)21(22-24(32)28-26(34)29-25(22)33)23(15-7-5-4-6-8-15)30(18)16-9-11-17(35-3)12-10-16/h4-12H,13-14H2,1-3H3,(H3,28,29,32,33,34). The summed E-state index contributed by atoms with van der Waals surface area (Å²) in [6, 6.07) is 16.8. The number of aromatic hydroxyl groups is 1. The fourth-order valence-electron chi connectivity index (χ4n) is 4.96. The molecule has 0 spiro atoms. The van der Waals surface area contributed by atoms with Crippen LogP contribution in [0.4, 0.5) is 0 Å². The molecule has 5 rings (SSSR count). The van der Waals surface area contributed by atoms with Gasteiger partial charge in [-0.05, 0) is 41.7 Å². The maximum absolute atomic E-state index is 13.6. The van der Waals surface area contributed by atoms with Crippen molar-refractivity contribution in [3.63, 3.8) is 0 Å². The van der Waals surface area contributed by atoms with Crippen molar-refractivity contribution in [3.8, 4) is 39.7 Å². The average Bonchev–Trinajstić information content (AvgIpc) is 3.12. The Bertz CT molecular complexity index is 1560. The molecule has 0 unspecified atom stereocenters. The number of aromatic amines is 2. The van der Waals surface area contributed by atoms with Gasteiger partial charge in [-0.25, -0.2) is 4.79 Å². The highest BCUT2D eigenvalue weighted by atomic mass is 16.5. The van der Waals surface area contributed by atoms with E-state index < -0.39 is 17.1 Å². The summed E-state index contributed by atoms with van der Waals surface area (Å²) >= 11 is 0. The molecule has 178 valence electrons. The Labute approximate surface area is 200 Å². The van der Waals surface area contributed by atoms with E-state index in [0.29, 0.717) is 29.0 Å². The van der Waals surface area contributed by atoms with Crippen molar-refractivity contribution in [2.75, 3.05) is 7.11 Å². The molecule has 35 heavy (non-hydrogen) atoms. The van der Waals surface area contributed by atoms with Crippen LogP contribution in [0.5, 0.6) is 11.6 Å². The van der Waals surface area contributed by atoms with E-state index in [1.54, 1.807) is 7.11 Å². The first kappa shape index (κ1) is 22.5. The number of aromatic nitrogens is 3. The Morgan fingerprint density at radius 3 is 2.20 bits per heavy atom. The van der Waals surface area contributed by atoms with E-state index in [4.69, 9.17) is 4.74 Å². The van der Waals surface area contributed by atoms with Crippen molar-refractivity contribution in [1.29, 1.82) is 0 Å². The molecule has 1 aliphatic rings. The number of nitrogens with zero attached hydrogens (tertiary/aromatic N) is 1. The number of benzene rings is 2. The predicted octanol–water partition coefficient (Wildman–Crippen LogP) is 4.06. The Hall–Kier alpha value is -4.33. The molecule has 4 aromatic rings. The van der Waals surface area contributed by atoms with Gasteiger partial charge in [-0.3, -0.25) is 19.6 Å². The number of ether oxygens (including phenoxy) is 1. The number of hydrogen-bond donors (Lipinski definition) is 3. The number of Topliss-reactive ketones (excluding diaryl/α,β-unsaturated/α-hetero) is 1. The van der Waals surface area contributed by atoms with E-state index in [-0.39, 0.29) is 23.2 Å². The lowest BCUT2D eigenvalue weighted by Crippen LogP contribution is -2.28. The molecule has 2 heterocycles. The number of carbonyl (C=O) groups is 1. The normalized spacial score (nSPS) is 14.5. The van der Waals surface area contributed by atoms with Gasteiger partial charge < -0.3 is 14.4 Å². The van der Waals surface area contributed by atoms with Crippen LogP contribution in [0.25, 0.3) is 28.1 Å². The molecule has 0 bridgehead atoms. The quantitative estimate of drug-likeness (QED) is 0.415. The van der Waals surface area contributed by atoms with Crippen molar-refractivity contribution >= 4 is 5.78 Å². The smallest absolute Gasteiger partial charge is 0.328 e. The summed E-state index contributed by atoms with van der Waals surface area (Å²) < 4.78 is 7.30. The molecule has 0 aliphatic heterocycles. The second-order valence-corrected chi connectivity index (χ2v) is 9.52. The third-order valence-corrected chi connectivity index (χ3v) is 6.38. The number of methoxy groups -OCH3 is 1. The van der Waals surface area contributed by atoms with E-state index in [1.165, 1.54) is 0 Å². The maximum atomic E-state index is 13.6. The summed E-state index contributed by atoms with van der Waals surface area (Å²) in [6.45, 7) is 4.07. The second kappa shape index (κ2) is 8.16. The molecule has 0 fully saturated rings. The number of nitrogens with one attached hydrogen (secondary N) is 2. The van der Waals surface area contributed by atoms with E-state index in [2.05, 4.69) is 9.97 Å². The minimum Gasteiger partial charge on any atom is -0.497 e. The Balaban J connectivity index is 1.98. The maximum Gasteiger partial charge on any atom is 0.328 e. The van der Waals surface area contributed by atoms with Gasteiger partial charge in [0, 0.05) is 28.9 Å². The zero-order valence-electron chi connectivity index (χ0n) is 19.6. The zero-order valence-corrected chi connectivity index (χ0v) is 19.6. The van der Waals surface area contributed by atoms with Gasteiger partial charge in [0.05, 0.1) is 12.8 Å². The number of rotatable bonds is 4.